The summed E-state index contributed by atoms with van der Waals surface area (Å²) >= 11 is 0. The van der Waals surface area contributed by atoms with Crippen molar-refractivity contribution < 1.29 is 9.18 Å². The van der Waals surface area contributed by atoms with Gasteiger partial charge in [-0.2, -0.15) is 5.10 Å². The highest BCUT2D eigenvalue weighted by Crippen LogP contribution is 2.55. The van der Waals surface area contributed by atoms with E-state index in [2.05, 4.69) is 15.5 Å². The Kier molecular flexibility index (Phi) is 2.80. The lowest BCUT2D eigenvalue weighted by molar-refractivity contribution is 0.0948. The molecule has 2 aliphatic carbocycles. The van der Waals surface area contributed by atoms with Crippen molar-refractivity contribution >= 4 is 5.91 Å². The predicted molar refractivity (Wildman–Crippen MR) is 75.6 cm³/mol. The van der Waals surface area contributed by atoms with Crippen molar-refractivity contribution in [2.24, 2.45) is 5.92 Å². The van der Waals surface area contributed by atoms with Crippen molar-refractivity contribution in [3.8, 4) is 0 Å². The number of aromatic nitrogens is 2. The maximum absolute atomic E-state index is 12.8. The molecule has 2 N–H and O–H groups in total. The Balaban J connectivity index is 1.36. The van der Waals surface area contributed by atoms with Gasteiger partial charge in [0.25, 0.3) is 5.91 Å². The summed E-state index contributed by atoms with van der Waals surface area (Å²) in [5, 5.41) is 10.1. The third-order valence-corrected chi connectivity index (χ3v) is 4.49. The quantitative estimate of drug-likeness (QED) is 0.904. The minimum absolute atomic E-state index is 0.115. The molecule has 1 aromatic carbocycles. The first-order valence-electron chi connectivity index (χ1n) is 7.32. The number of benzene rings is 1. The molecular weight excluding hydrogens is 269 g/mol. The van der Waals surface area contributed by atoms with Gasteiger partial charge in [-0.25, -0.2) is 4.39 Å². The van der Waals surface area contributed by atoms with Crippen LogP contribution in [0.5, 0.6) is 0 Å². The molecule has 1 fully saturated rings. The Labute approximate surface area is 121 Å². The summed E-state index contributed by atoms with van der Waals surface area (Å²) < 4.78 is 12.8. The van der Waals surface area contributed by atoms with E-state index in [0.29, 0.717) is 24.6 Å². The maximum Gasteiger partial charge on any atom is 0.272 e. The van der Waals surface area contributed by atoms with Gasteiger partial charge in [0.2, 0.25) is 0 Å². The molecule has 108 valence electrons. The Morgan fingerprint density at radius 2 is 2.19 bits per heavy atom. The molecule has 0 spiro atoms. The van der Waals surface area contributed by atoms with E-state index < -0.39 is 0 Å². The highest BCUT2D eigenvalue weighted by Gasteiger charge is 2.48. The first-order valence-corrected chi connectivity index (χ1v) is 7.32. The van der Waals surface area contributed by atoms with E-state index in [1.54, 1.807) is 12.1 Å². The average molecular weight is 285 g/mol. The third-order valence-electron chi connectivity index (χ3n) is 4.49. The molecule has 4 nitrogen and oxygen atoms in total. The van der Waals surface area contributed by atoms with Crippen molar-refractivity contribution in [2.45, 2.75) is 25.2 Å². The summed E-state index contributed by atoms with van der Waals surface area (Å²) in [4.78, 5) is 12.2. The van der Waals surface area contributed by atoms with Gasteiger partial charge in [0.15, 0.2) is 5.69 Å². The molecule has 2 atom stereocenters. The number of nitrogens with zero attached hydrogens (tertiary/aromatic N) is 1. The van der Waals surface area contributed by atoms with Crippen LogP contribution in [0.2, 0.25) is 0 Å². The van der Waals surface area contributed by atoms with Crippen molar-refractivity contribution in [3.05, 3.63) is 52.6 Å². The fourth-order valence-corrected chi connectivity index (χ4v) is 3.22. The summed E-state index contributed by atoms with van der Waals surface area (Å²) in [5.41, 5.74) is 3.83. The zero-order valence-electron chi connectivity index (χ0n) is 11.5. The molecule has 1 heterocycles. The van der Waals surface area contributed by atoms with Gasteiger partial charge in [0, 0.05) is 23.7 Å². The zero-order valence-corrected chi connectivity index (χ0v) is 11.5. The second-order valence-corrected chi connectivity index (χ2v) is 5.90. The fourth-order valence-electron chi connectivity index (χ4n) is 3.22. The van der Waals surface area contributed by atoms with E-state index in [1.165, 1.54) is 24.2 Å². The van der Waals surface area contributed by atoms with E-state index in [9.17, 15) is 9.18 Å². The van der Waals surface area contributed by atoms with Crippen LogP contribution in [-0.2, 0) is 12.8 Å². The van der Waals surface area contributed by atoms with Crippen LogP contribution in [0.25, 0.3) is 0 Å². The predicted octanol–water partition coefficient (Wildman–Crippen LogP) is 2.18. The van der Waals surface area contributed by atoms with Crippen molar-refractivity contribution in [1.29, 1.82) is 0 Å². The first kappa shape index (κ1) is 12.6. The van der Waals surface area contributed by atoms with Crippen LogP contribution in [0.4, 0.5) is 4.39 Å². The van der Waals surface area contributed by atoms with E-state index >= 15 is 0 Å². The molecule has 2 aromatic rings. The number of hydrogen-bond donors (Lipinski definition) is 2. The van der Waals surface area contributed by atoms with Crippen molar-refractivity contribution in [1.82, 2.24) is 15.5 Å². The Bertz CT molecular complexity index is 692. The maximum atomic E-state index is 12.8. The monoisotopic (exact) mass is 285 g/mol. The SMILES string of the molecule is O=C(NCCc1ccc(F)cc1)c1n[nH]c2c1CC1CC21. The average Bonchev–Trinajstić information content (AvgIpc) is 2.96. The normalized spacial score (nSPS) is 21.8. The number of aromatic amines is 1. The van der Waals surface area contributed by atoms with Crippen LogP contribution in [0.15, 0.2) is 24.3 Å². The van der Waals surface area contributed by atoms with E-state index in [0.717, 1.165) is 23.5 Å². The van der Waals surface area contributed by atoms with Gasteiger partial charge in [-0.15, -0.1) is 0 Å². The molecule has 21 heavy (non-hydrogen) atoms. The highest BCUT2D eigenvalue weighted by atomic mass is 19.1. The van der Waals surface area contributed by atoms with Gasteiger partial charge in [0.1, 0.15) is 5.82 Å². The number of carbonyl (C=O) groups is 1. The molecular formula is C16H16FN3O. The van der Waals surface area contributed by atoms with Crippen LogP contribution in [0.1, 0.15) is 39.6 Å². The van der Waals surface area contributed by atoms with Crippen LogP contribution in [0, 0.1) is 11.7 Å². The summed E-state index contributed by atoms with van der Waals surface area (Å²) in [6, 6.07) is 6.34. The van der Waals surface area contributed by atoms with Gasteiger partial charge < -0.3 is 5.32 Å². The molecule has 0 aliphatic heterocycles. The number of amides is 1. The molecule has 4 rings (SSSR count). The molecule has 2 aliphatic rings. The first-order chi connectivity index (χ1) is 10.2. The number of carbonyl (C=O) groups excluding carboxylic acids is 1. The topological polar surface area (TPSA) is 57.8 Å². The molecule has 1 aromatic heterocycles. The molecule has 1 saturated carbocycles. The Morgan fingerprint density at radius 1 is 1.38 bits per heavy atom. The van der Waals surface area contributed by atoms with Gasteiger partial charge in [0.05, 0.1) is 0 Å². The lowest BCUT2D eigenvalue weighted by Crippen LogP contribution is -2.27. The fraction of sp³-hybridized carbons (Fsp3) is 0.375. The van der Waals surface area contributed by atoms with E-state index in [4.69, 9.17) is 0 Å². The van der Waals surface area contributed by atoms with Crippen LogP contribution in [0.3, 0.4) is 0 Å². The number of halogens is 1. The van der Waals surface area contributed by atoms with Crippen molar-refractivity contribution in [3.63, 3.8) is 0 Å². The van der Waals surface area contributed by atoms with Crippen LogP contribution < -0.4 is 5.32 Å². The summed E-state index contributed by atoms with van der Waals surface area (Å²) in [7, 11) is 0. The molecule has 0 bridgehead atoms. The number of hydrogen-bond acceptors (Lipinski definition) is 2. The van der Waals surface area contributed by atoms with Gasteiger partial charge in [-0.1, -0.05) is 12.1 Å². The Hall–Kier alpha value is -2.17. The summed E-state index contributed by atoms with van der Waals surface area (Å²) in [6.45, 7) is 0.527. The molecule has 2 unspecified atom stereocenters. The molecule has 0 saturated heterocycles. The number of rotatable bonds is 4. The standard InChI is InChI=1S/C16H16FN3O/c17-11-3-1-9(2-4-11)5-6-18-16(21)15-13-8-10-7-12(10)14(13)19-20-15/h1-4,10,12H,5-8H2,(H,18,21)(H,19,20). The lowest BCUT2D eigenvalue weighted by Gasteiger charge is -2.05. The second kappa shape index (κ2) is 4.69. The summed E-state index contributed by atoms with van der Waals surface area (Å²) in [6.07, 6.45) is 2.90. The smallest absolute Gasteiger partial charge is 0.272 e. The summed E-state index contributed by atoms with van der Waals surface area (Å²) in [5.74, 6) is 0.998. The molecule has 1 amide bonds. The van der Waals surface area contributed by atoms with E-state index in [1.807, 2.05) is 0 Å². The zero-order chi connectivity index (χ0) is 14.4. The van der Waals surface area contributed by atoms with Crippen LogP contribution in [-0.4, -0.2) is 22.6 Å². The second-order valence-electron chi connectivity index (χ2n) is 5.90. The number of nitrogens with one attached hydrogen (secondary N) is 2. The number of H-pyrrole nitrogens is 1. The van der Waals surface area contributed by atoms with E-state index in [-0.39, 0.29) is 11.7 Å². The van der Waals surface area contributed by atoms with Crippen LogP contribution >= 0.6 is 0 Å². The lowest BCUT2D eigenvalue weighted by atomic mass is 10.1. The van der Waals surface area contributed by atoms with Gasteiger partial charge in [-0.05, 0) is 42.9 Å². The van der Waals surface area contributed by atoms with Gasteiger partial charge >= 0.3 is 0 Å². The molecule has 0 radical (unpaired) electrons. The Morgan fingerprint density at radius 3 is 3.00 bits per heavy atom. The molecule has 5 heteroatoms. The highest BCUT2D eigenvalue weighted by molar-refractivity contribution is 5.94. The van der Waals surface area contributed by atoms with Gasteiger partial charge in [-0.3, -0.25) is 9.89 Å². The minimum Gasteiger partial charge on any atom is -0.350 e. The largest absolute Gasteiger partial charge is 0.350 e. The minimum atomic E-state index is -0.242. The third kappa shape index (κ3) is 2.22. The number of fused-ring (bicyclic) bond motifs is 3. The van der Waals surface area contributed by atoms with Crippen molar-refractivity contribution in [2.75, 3.05) is 6.54 Å².